The lowest BCUT2D eigenvalue weighted by atomic mass is 10.9. The highest BCUT2D eigenvalue weighted by atomic mass is 27.0. The van der Waals surface area contributed by atoms with Crippen molar-refractivity contribution in [1.82, 2.24) is 0 Å². The third-order valence-corrected chi connectivity index (χ3v) is 0. The molecule has 0 fully saturated rings. The number of hydrogen-bond donors (Lipinski definition) is 0. The Morgan fingerprint density at radius 2 is 1.00 bits per heavy atom. The first-order valence-corrected chi connectivity index (χ1v) is 1.95. The second-order valence-corrected chi connectivity index (χ2v) is 0.535. The summed E-state index contributed by atoms with van der Waals surface area (Å²) in [5.74, 6) is 0. The third kappa shape index (κ3) is 801. The summed E-state index contributed by atoms with van der Waals surface area (Å²) in [5.41, 5.74) is 0. The largest absolute Gasteiger partial charge is 0.251 e. The van der Waals surface area contributed by atoms with E-state index in [-0.39, 0.29) is 30.7 Å². The van der Waals surface area contributed by atoms with Crippen molar-refractivity contribution in [3.8, 4) is 0 Å². The Hall–Kier alpha value is 0.392. The molecule has 0 bridgehead atoms. The van der Waals surface area contributed by atoms with Gasteiger partial charge in [-0.05, 0) is 13.8 Å². The molecule has 0 unspecified atom stereocenters. The first kappa shape index (κ1) is 15.7. The number of hydrogen-bond acceptors (Lipinski definition) is 0. The van der Waals surface area contributed by atoms with Crippen LogP contribution in [0.4, 0.5) is 8.78 Å². The molecule has 3 radical (unpaired) electrons. The SMILES string of the molecule is CCF.CCF.[Al]. The van der Waals surface area contributed by atoms with Crippen molar-refractivity contribution in [2.24, 2.45) is 0 Å². The summed E-state index contributed by atoms with van der Waals surface area (Å²) in [6.45, 7) is 2.42. The normalized spacial score (nSPS) is 5.14. The molecule has 0 nitrogen and oxygen atoms in total. The molecule has 0 heterocycles. The van der Waals surface area contributed by atoms with E-state index in [1.54, 1.807) is 0 Å². The van der Waals surface area contributed by atoms with Crippen LogP contribution in [0.1, 0.15) is 13.8 Å². The van der Waals surface area contributed by atoms with Gasteiger partial charge in [0, 0.05) is 17.4 Å². The van der Waals surface area contributed by atoms with E-state index in [2.05, 4.69) is 0 Å². The number of rotatable bonds is 0. The van der Waals surface area contributed by atoms with E-state index in [1.165, 1.54) is 13.8 Å². The lowest BCUT2D eigenvalue weighted by Crippen LogP contribution is -1.40. The van der Waals surface area contributed by atoms with Gasteiger partial charge in [-0.1, -0.05) is 0 Å². The average Bonchev–Trinajstić information content (AvgIpc) is 1.39. The van der Waals surface area contributed by atoms with Gasteiger partial charge in [0.05, 0.1) is 13.3 Å². The summed E-state index contributed by atoms with van der Waals surface area (Å²) < 4.78 is 20.6. The standard InChI is InChI=1S/2C2H5F.Al/c2*1-2-3;/h2*2H2,1H3;. The van der Waals surface area contributed by atoms with E-state index in [0.29, 0.717) is 0 Å². The van der Waals surface area contributed by atoms with Gasteiger partial charge in [0.25, 0.3) is 0 Å². The third-order valence-electron chi connectivity index (χ3n) is 0. The summed E-state index contributed by atoms with van der Waals surface area (Å²) in [5, 5.41) is 0. The summed E-state index contributed by atoms with van der Waals surface area (Å²) in [6, 6.07) is 0. The predicted octanol–water partition coefficient (Wildman–Crippen LogP) is 1.57. The zero-order chi connectivity index (χ0) is 5.41. The lowest BCUT2D eigenvalue weighted by molar-refractivity contribution is 0.527. The van der Waals surface area contributed by atoms with Crippen LogP contribution < -0.4 is 0 Å². The monoisotopic (exact) mass is 123 g/mol. The van der Waals surface area contributed by atoms with Crippen LogP contribution in [0.2, 0.25) is 0 Å². The second kappa shape index (κ2) is 32.5. The Morgan fingerprint density at radius 1 is 1.00 bits per heavy atom. The Kier molecular flexibility index (Phi) is 72.6. The van der Waals surface area contributed by atoms with E-state index in [9.17, 15) is 8.78 Å². The van der Waals surface area contributed by atoms with Crippen LogP contribution in [0.15, 0.2) is 0 Å². The Balaban J connectivity index is -0.0000000400. The molecule has 0 amide bonds. The van der Waals surface area contributed by atoms with E-state index in [4.69, 9.17) is 0 Å². The van der Waals surface area contributed by atoms with Crippen LogP contribution in [-0.4, -0.2) is 30.7 Å². The summed E-state index contributed by atoms with van der Waals surface area (Å²) in [7, 11) is 0. The lowest BCUT2D eigenvalue weighted by Gasteiger charge is -1.45. The Morgan fingerprint density at radius 3 is 1.00 bits per heavy atom. The van der Waals surface area contributed by atoms with Crippen molar-refractivity contribution in [3.05, 3.63) is 0 Å². The molecular formula is C4H10AlF2. The van der Waals surface area contributed by atoms with Gasteiger partial charge < -0.3 is 0 Å². The molecule has 0 aliphatic heterocycles. The molecule has 0 aliphatic rings. The maximum absolute atomic E-state index is 10.3. The van der Waals surface area contributed by atoms with Crippen LogP contribution >= 0.6 is 0 Å². The maximum atomic E-state index is 10.3. The van der Waals surface area contributed by atoms with Crippen molar-refractivity contribution in [2.75, 3.05) is 13.3 Å². The molecule has 0 aromatic heterocycles. The fourth-order valence-electron chi connectivity index (χ4n) is 0. The maximum Gasteiger partial charge on any atom is 0.0866 e. The van der Waals surface area contributed by atoms with Gasteiger partial charge in [0.2, 0.25) is 0 Å². The van der Waals surface area contributed by atoms with Crippen molar-refractivity contribution < 1.29 is 8.78 Å². The molecule has 0 atom stereocenters. The zero-order valence-electron chi connectivity index (χ0n) is 4.75. The highest BCUT2D eigenvalue weighted by Crippen LogP contribution is 1.49. The van der Waals surface area contributed by atoms with Crippen molar-refractivity contribution >= 4 is 17.4 Å². The van der Waals surface area contributed by atoms with Gasteiger partial charge in [-0.2, -0.15) is 0 Å². The number of alkyl halides is 2. The van der Waals surface area contributed by atoms with Gasteiger partial charge in [0.15, 0.2) is 0 Å². The molecule has 0 rings (SSSR count). The molecule has 3 heteroatoms. The van der Waals surface area contributed by atoms with Crippen molar-refractivity contribution in [3.63, 3.8) is 0 Å². The minimum absolute atomic E-state index is 0. The molecule has 0 saturated carbocycles. The quantitative estimate of drug-likeness (QED) is 0.429. The first-order chi connectivity index (χ1) is 2.83. The Labute approximate surface area is 54.0 Å². The van der Waals surface area contributed by atoms with Gasteiger partial charge in [-0.3, -0.25) is 8.78 Å². The van der Waals surface area contributed by atoms with Crippen LogP contribution in [0.3, 0.4) is 0 Å². The highest BCUT2D eigenvalue weighted by molar-refractivity contribution is 5.75. The molecule has 0 saturated heterocycles. The van der Waals surface area contributed by atoms with Crippen LogP contribution in [0, 0.1) is 0 Å². The van der Waals surface area contributed by atoms with E-state index in [1.807, 2.05) is 0 Å². The molecular weight excluding hydrogens is 113 g/mol. The molecule has 0 N–H and O–H groups in total. The van der Waals surface area contributed by atoms with E-state index >= 15 is 0 Å². The average molecular weight is 123 g/mol. The molecule has 0 aliphatic carbocycles. The van der Waals surface area contributed by atoms with Crippen molar-refractivity contribution in [1.29, 1.82) is 0 Å². The Bertz CT molecular complexity index is 11.7. The van der Waals surface area contributed by atoms with Gasteiger partial charge in [0.1, 0.15) is 0 Å². The van der Waals surface area contributed by atoms with Gasteiger partial charge in [-0.15, -0.1) is 0 Å². The van der Waals surface area contributed by atoms with Gasteiger partial charge in [-0.25, -0.2) is 0 Å². The van der Waals surface area contributed by atoms with Crippen LogP contribution in [0.5, 0.6) is 0 Å². The van der Waals surface area contributed by atoms with E-state index in [0.717, 1.165) is 0 Å². The van der Waals surface area contributed by atoms with Crippen LogP contribution in [-0.2, 0) is 0 Å². The number of halogens is 2. The first-order valence-electron chi connectivity index (χ1n) is 1.95. The topological polar surface area (TPSA) is 0 Å². The summed E-state index contributed by atoms with van der Waals surface area (Å²) >= 11 is 0. The summed E-state index contributed by atoms with van der Waals surface area (Å²) in [6.07, 6.45) is 0. The fraction of sp³-hybridized carbons (Fsp3) is 1.00. The fourth-order valence-corrected chi connectivity index (χ4v) is 0. The highest BCUT2D eigenvalue weighted by Gasteiger charge is 1.40. The van der Waals surface area contributed by atoms with Gasteiger partial charge >= 0.3 is 0 Å². The second-order valence-electron chi connectivity index (χ2n) is 0.535. The zero-order valence-corrected chi connectivity index (χ0v) is 5.90. The summed E-state index contributed by atoms with van der Waals surface area (Å²) in [4.78, 5) is 0. The molecule has 43 valence electrons. The van der Waals surface area contributed by atoms with Crippen LogP contribution in [0.25, 0.3) is 0 Å². The molecule has 0 aromatic rings. The van der Waals surface area contributed by atoms with Crippen molar-refractivity contribution in [2.45, 2.75) is 13.8 Å². The molecule has 0 aromatic carbocycles. The van der Waals surface area contributed by atoms with E-state index < -0.39 is 0 Å². The smallest absolute Gasteiger partial charge is 0.0866 e. The predicted molar refractivity (Wildman–Crippen MR) is 29.1 cm³/mol. The minimum Gasteiger partial charge on any atom is -0.251 e. The molecule has 0 spiro atoms. The minimum atomic E-state index is -0.250. The molecule has 7 heavy (non-hydrogen) atoms.